The van der Waals surface area contributed by atoms with Crippen molar-refractivity contribution in [3.63, 3.8) is 0 Å². The van der Waals surface area contributed by atoms with Gasteiger partial charge in [-0.2, -0.15) is 11.3 Å². The van der Waals surface area contributed by atoms with Gasteiger partial charge in [0.1, 0.15) is 0 Å². The van der Waals surface area contributed by atoms with Gasteiger partial charge in [-0.3, -0.25) is 0 Å². The summed E-state index contributed by atoms with van der Waals surface area (Å²) in [5.74, 6) is -0.0927. The van der Waals surface area contributed by atoms with E-state index < -0.39 is 9.84 Å². The van der Waals surface area contributed by atoms with E-state index in [1.54, 1.807) is 24.3 Å². The Kier molecular flexibility index (Phi) is 4.68. The van der Waals surface area contributed by atoms with E-state index in [1.165, 1.54) is 16.7 Å². The molecular weight excluding hydrogens is 323 g/mol. The number of sulfone groups is 1. The Morgan fingerprint density at radius 2 is 1.95 bits per heavy atom. The zero-order valence-electron chi connectivity index (χ0n) is 9.71. The van der Waals surface area contributed by atoms with E-state index in [2.05, 4.69) is 0 Å². The van der Waals surface area contributed by atoms with Crippen molar-refractivity contribution in [1.82, 2.24) is 0 Å². The maximum atomic E-state index is 11.9. The Hall–Kier alpha value is -0.810. The largest absolute Gasteiger partial charge is 0.224 e. The van der Waals surface area contributed by atoms with E-state index >= 15 is 0 Å². The molecule has 1 heterocycles. The van der Waals surface area contributed by atoms with Gasteiger partial charge >= 0.3 is 0 Å². The molecule has 1 aromatic heterocycles. The molecule has 0 bridgehead atoms. The SMILES string of the molecule is O=S(=O)(C=Cc1ccsc1)Cc1ccc(Cl)c(Cl)c1. The molecule has 6 heteroatoms. The highest BCUT2D eigenvalue weighted by Gasteiger charge is 2.09. The summed E-state index contributed by atoms with van der Waals surface area (Å²) in [4.78, 5) is 0. The van der Waals surface area contributed by atoms with E-state index in [1.807, 2.05) is 16.8 Å². The number of hydrogen-bond acceptors (Lipinski definition) is 3. The third kappa shape index (κ3) is 4.35. The zero-order valence-corrected chi connectivity index (χ0v) is 12.9. The summed E-state index contributed by atoms with van der Waals surface area (Å²) in [6, 6.07) is 6.68. The Balaban J connectivity index is 2.15. The predicted octanol–water partition coefficient (Wildman–Crippen LogP) is 4.64. The molecule has 0 atom stereocenters. The van der Waals surface area contributed by atoms with Gasteiger partial charge in [0, 0.05) is 5.41 Å². The maximum Gasteiger partial charge on any atom is 0.175 e. The van der Waals surface area contributed by atoms with E-state index in [-0.39, 0.29) is 5.75 Å². The van der Waals surface area contributed by atoms with Crippen molar-refractivity contribution in [3.8, 4) is 0 Å². The third-order valence-corrected chi connectivity index (χ3v) is 5.09. The molecule has 0 aliphatic rings. The summed E-state index contributed by atoms with van der Waals surface area (Å²) >= 11 is 13.2. The van der Waals surface area contributed by atoms with Crippen LogP contribution in [-0.4, -0.2) is 8.42 Å². The first-order valence-electron chi connectivity index (χ1n) is 5.33. The minimum absolute atomic E-state index is 0.0927. The van der Waals surface area contributed by atoms with Crippen molar-refractivity contribution in [1.29, 1.82) is 0 Å². The fraction of sp³-hybridized carbons (Fsp3) is 0.0769. The van der Waals surface area contributed by atoms with Crippen LogP contribution in [0.4, 0.5) is 0 Å². The molecule has 0 saturated carbocycles. The van der Waals surface area contributed by atoms with Crippen LogP contribution in [0, 0.1) is 0 Å². The lowest BCUT2D eigenvalue weighted by Gasteiger charge is -2.02. The lowest BCUT2D eigenvalue weighted by Crippen LogP contribution is -1.99. The van der Waals surface area contributed by atoms with Crippen LogP contribution in [0.1, 0.15) is 11.1 Å². The number of benzene rings is 1. The normalized spacial score (nSPS) is 12.1. The Bertz CT molecular complexity index is 689. The number of hydrogen-bond donors (Lipinski definition) is 0. The summed E-state index contributed by atoms with van der Waals surface area (Å²) in [7, 11) is -3.32. The lowest BCUT2D eigenvalue weighted by atomic mass is 10.2. The maximum absolute atomic E-state index is 11.9. The van der Waals surface area contributed by atoms with Crippen molar-refractivity contribution >= 4 is 50.5 Å². The summed E-state index contributed by atoms with van der Waals surface area (Å²) in [6.45, 7) is 0. The number of rotatable bonds is 4. The zero-order chi connectivity index (χ0) is 13.9. The van der Waals surface area contributed by atoms with Crippen LogP contribution >= 0.6 is 34.5 Å². The molecule has 0 spiro atoms. The molecule has 0 unspecified atom stereocenters. The van der Waals surface area contributed by atoms with Gasteiger partial charge in [-0.1, -0.05) is 29.3 Å². The summed E-state index contributed by atoms with van der Waals surface area (Å²) in [5.41, 5.74) is 1.49. The molecule has 0 N–H and O–H groups in total. The molecule has 0 aliphatic heterocycles. The molecule has 2 rings (SSSR count). The standard InChI is InChI=1S/C13H10Cl2O2S2/c14-12-2-1-11(7-13(12)15)9-19(16,17)6-4-10-3-5-18-8-10/h1-8H,9H2. The second-order valence-electron chi connectivity index (χ2n) is 3.92. The topological polar surface area (TPSA) is 34.1 Å². The molecule has 100 valence electrons. The molecule has 0 aliphatic carbocycles. The minimum atomic E-state index is -3.32. The molecule has 0 saturated heterocycles. The molecule has 1 aromatic carbocycles. The number of halogens is 2. The highest BCUT2D eigenvalue weighted by Crippen LogP contribution is 2.23. The first kappa shape index (κ1) is 14.6. The summed E-state index contributed by atoms with van der Waals surface area (Å²) < 4.78 is 23.9. The molecule has 2 aromatic rings. The molecule has 0 fully saturated rings. The van der Waals surface area contributed by atoms with Crippen LogP contribution in [-0.2, 0) is 15.6 Å². The second kappa shape index (κ2) is 6.09. The van der Waals surface area contributed by atoms with Gasteiger partial charge in [-0.25, -0.2) is 8.42 Å². The number of thiophene rings is 1. The van der Waals surface area contributed by atoms with Crippen molar-refractivity contribution in [3.05, 3.63) is 61.6 Å². The average Bonchev–Trinajstić information content (AvgIpc) is 2.84. The third-order valence-electron chi connectivity index (χ3n) is 2.36. The van der Waals surface area contributed by atoms with Crippen LogP contribution in [0.15, 0.2) is 40.4 Å². The Labute approximate surface area is 126 Å². The quantitative estimate of drug-likeness (QED) is 0.817. The van der Waals surface area contributed by atoms with Gasteiger partial charge in [0.15, 0.2) is 9.84 Å². The van der Waals surface area contributed by atoms with Gasteiger partial charge < -0.3 is 0 Å². The van der Waals surface area contributed by atoms with Gasteiger partial charge in [0.2, 0.25) is 0 Å². The van der Waals surface area contributed by atoms with Gasteiger partial charge in [-0.05, 0) is 46.2 Å². The van der Waals surface area contributed by atoms with Crippen LogP contribution < -0.4 is 0 Å². The second-order valence-corrected chi connectivity index (χ2v) is 7.40. The highest BCUT2D eigenvalue weighted by atomic mass is 35.5. The predicted molar refractivity (Wildman–Crippen MR) is 82.4 cm³/mol. The fourth-order valence-electron chi connectivity index (χ4n) is 1.46. The van der Waals surface area contributed by atoms with Crippen molar-refractivity contribution in [2.24, 2.45) is 0 Å². The highest BCUT2D eigenvalue weighted by molar-refractivity contribution is 7.93. The van der Waals surface area contributed by atoms with Crippen LogP contribution in [0.5, 0.6) is 0 Å². The van der Waals surface area contributed by atoms with Gasteiger partial charge in [-0.15, -0.1) is 0 Å². The van der Waals surface area contributed by atoms with Crippen LogP contribution in [0.3, 0.4) is 0 Å². The van der Waals surface area contributed by atoms with E-state index in [0.29, 0.717) is 15.6 Å². The molecule has 19 heavy (non-hydrogen) atoms. The van der Waals surface area contributed by atoms with Gasteiger partial charge in [0.25, 0.3) is 0 Å². The monoisotopic (exact) mass is 332 g/mol. The van der Waals surface area contributed by atoms with Crippen LogP contribution in [0.2, 0.25) is 10.0 Å². The Morgan fingerprint density at radius 3 is 2.58 bits per heavy atom. The summed E-state index contributed by atoms with van der Waals surface area (Å²) in [5, 5.41) is 5.77. The van der Waals surface area contributed by atoms with E-state index in [0.717, 1.165) is 5.56 Å². The Morgan fingerprint density at radius 1 is 1.16 bits per heavy atom. The van der Waals surface area contributed by atoms with E-state index in [4.69, 9.17) is 23.2 Å². The van der Waals surface area contributed by atoms with E-state index in [9.17, 15) is 8.42 Å². The molecule has 0 radical (unpaired) electrons. The van der Waals surface area contributed by atoms with Gasteiger partial charge in [0.05, 0.1) is 15.8 Å². The molecular formula is C13H10Cl2O2S2. The van der Waals surface area contributed by atoms with Crippen molar-refractivity contribution in [2.75, 3.05) is 0 Å². The first-order chi connectivity index (χ1) is 8.96. The van der Waals surface area contributed by atoms with Crippen molar-refractivity contribution in [2.45, 2.75) is 5.75 Å². The lowest BCUT2D eigenvalue weighted by molar-refractivity contribution is 0.604. The fourth-order valence-corrected chi connectivity index (χ4v) is 3.52. The van der Waals surface area contributed by atoms with Crippen molar-refractivity contribution < 1.29 is 8.42 Å². The first-order valence-corrected chi connectivity index (χ1v) is 8.75. The molecule has 0 amide bonds. The minimum Gasteiger partial charge on any atom is -0.224 e. The summed E-state index contributed by atoms with van der Waals surface area (Å²) in [6.07, 6.45) is 1.59. The smallest absolute Gasteiger partial charge is 0.175 e. The average molecular weight is 333 g/mol. The molecule has 2 nitrogen and oxygen atoms in total. The van der Waals surface area contributed by atoms with Crippen LogP contribution in [0.25, 0.3) is 6.08 Å².